The van der Waals surface area contributed by atoms with Crippen molar-refractivity contribution in [3.63, 3.8) is 0 Å². The van der Waals surface area contributed by atoms with Gasteiger partial charge in [0.1, 0.15) is 0 Å². The number of hydrogen-bond donors (Lipinski definition) is 1. The second kappa shape index (κ2) is 4.15. The summed E-state index contributed by atoms with van der Waals surface area (Å²) in [5.74, 6) is 0. The summed E-state index contributed by atoms with van der Waals surface area (Å²) in [6.45, 7) is 13.0. The highest BCUT2D eigenvalue weighted by molar-refractivity contribution is 5.35. The second-order valence-electron chi connectivity index (χ2n) is 2.24. The lowest BCUT2D eigenvalue weighted by Gasteiger charge is -1.93. The van der Waals surface area contributed by atoms with Crippen molar-refractivity contribution in [3.8, 4) is 0 Å². The molecule has 1 rings (SSSR count). The van der Waals surface area contributed by atoms with E-state index >= 15 is 0 Å². The zero-order valence-corrected chi connectivity index (χ0v) is 7.41. The molecule has 1 heterocycles. The average Bonchev–Trinajstić information content (AvgIpc) is 2.25. The van der Waals surface area contributed by atoms with Crippen LogP contribution in [-0.2, 0) is 0 Å². The van der Waals surface area contributed by atoms with Gasteiger partial charge in [0, 0.05) is 12.2 Å². The van der Waals surface area contributed by atoms with E-state index in [2.05, 4.69) is 25.7 Å². The Morgan fingerprint density at radius 3 is 1.90 bits per heavy atom. The lowest BCUT2D eigenvalue weighted by molar-refractivity contribution is 0.953. The Balaban J connectivity index is 0.000000371. The minimum atomic E-state index is 0.991. The molecule has 1 heteroatoms. The van der Waals surface area contributed by atoms with Crippen LogP contribution in [0.3, 0.4) is 0 Å². The molecule has 0 unspecified atom stereocenters. The predicted molar refractivity (Wildman–Crippen MR) is 46.9 cm³/mol. The zero-order chi connectivity index (χ0) is 8.15. The summed E-state index contributed by atoms with van der Waals surface area (Å²) in [6.07, 6.45) is 0. The van der Waals surface area contributed by atoms with Gasteiger partial charge in [-0.05, 0) is 25.0 Å². The Morgan fingerprint density at radius 1 is 1.30 bits per heavy atom. The second-order valence-corrected chi connectivity index (χ2v) is 2.24. The molecule has 0 aliphatic carbocycles. The molecule has 1 aliphatic rings. The van der Waals surface area contributed by atoms with Crippen molar-refractivity contribution in [2.24, 2.45) is 0 Å². The average molecular weight is 139 g/mol. The van der Waals surface area contributed by atoms with E-state index in [0.717, 1.165) is 12.2 Å². The molecule has 0 bridgehead atoms. The molecular formula is C9H17N. The highest BCUT2D eigenvalue weighted by atomic mass is 14.9. The summed E-state index contributed by atoms with van der Waals surface area (Å²) in [6, 6.07) is 0. The predicted octanol–water partition coefficient (Wildman–Crippen LogP) is 2.47. The Bertz CT molecular complexity index is 154. The van der Waals surface area contributed by atoms with E-state index in [9.17, 15) is 0 Å². The number of hydrogen-bond acceptors (Lipinski definition) is 1. The molecule has 0 aromatic heterocycles. The smallest absolute Gasteiger partial charge is 0.0363 e. The number of allylic oxidation sites excluding steroid dienone is 1. The topological polar surface area (TPSA) is 12.0 Å². The van der Waals surface area contributed by atoms with E-state index in [1.165, 1.54) is 11.1 Å². The van der Waals surface area contributed by atoms with Crippen molar-refractivity contribution in [3.05, 3.63) is 23.4 Å². The van der Waals surface area contributed by atoms with E-state index in [0.29, 0.717) is 0 Å². The number of nitrogens with one attached hydrogen (secondary N) is 1. The molecule has 58 valence electrons. The molecule has 0 fully saturated rings. The van der Waals surface area contributed by atoms with Crippen LogP contribution in [0.15, 0.2) is 23.4 Å². The van der Waals surface area contributed by atoms with Gasteiger partial charge in [-0.25, -0.2) is 0 Å². The zero-order valence-electron chi connectivity index (χ0n) is 7.41. The van der Waals surface area contributed by atoms with Gasteiger partial charge in [0.2, 0.25) is 0 Å². The van der Waals surface area contributed by atoms with E-state index in [1.54, 1.807) is 0 Å². The van der Waals surface area contributed by atoms with Crippen LogP contribution in [0.25, 0.3) is 0 Å². The first kappa shape index (κ1) is 9.28. The van der Waals surface area contributed by atoms with Crippen LogP contribution in [0, 0.1) is 0 Å². The molecule has 0 radical (unpaired) electrons. The number of rotatable bonds is 0. The molecular weight excluding hydrogens is 122 g/mol. The fourth-order valence-corrected chi connectivity index (χ4v) is 0.762. The summed E-state index contributed by atoms with van der Waals surface area (Å²) in [7, 11) is 0. The molecule has 1 N–H and O–H groups in total. The molecule has 0 spiro atoms. The first-order valence-corrected chi connectivity index (χ1v) is 3.81. The fraction of sp³-hybridized carbons (Fsp3) is 0.556. The molecule has 0 saturated heterocycles. The fourth-order valence-electron chi connectivity index (χ4n) is 0.762. The Kier molecular flexibility index (Phi) is 3.85. The molecule has 0 aromatic rings. The van der Waals surface area contributed by atoms with Crippen molar-refractivity contribution >= 4 is 0 Å². The lowest BCUT2D eigenvalue weighted by Crippen LogP contribution is -2.05. The maximum Gasteiger partial charge on any atom is 0.0363 e. The highest BCUT2D eigenvalue weighted by Gasteiger charge is 2.07. The molecule has 0 amide bonds. The van der Waals surface area contributed by atoms with Crippen molar-refractivity contribution in [1.29, 1.82) is 0 Å². The quantitative estimate of drug-likeness (QED) is 0.543. The lowest BCUT2D eigenvalue weighted by atomic mass is 10.2. The first-order chi connectivity index (χ1) is 4.72. The highest BCUT2D eigenvalue weighted by Crippen LogP contribution is 2.15. The molecule has 1 aliphatic heterocycles. The van der Waals surface area contributed by atoms with Crippen LogP contribution in [0.1, 0.15) is 27.7 Å². The van der Waals surface area contributed by atoms with E-state index in [1.807, 2.05) is 13.8 Å². The van der Waals surface area contributed by atoms with Crippen LogP contribution in [0.5, 0.6) is 0 Å². The van der Waals surface area contributed by atoms with Gasteiger partial charge in [0.25, 0.3) is 0 Å². The Hall–Kier alpha value is -0.720. The van der Waals surface area contributed by atoms with Crippen LogP contribution in [0.2, 0.25) is 0 Å². The summed E-state index contributed by atoms with van der Waals surface area (Å²) in [5.41, 5.74) is 3.82. The van der Waals surface area contributed by atoms with Crippen molar-refractivity contribution in [2.75, 3.05) is 6.54 Å². The Labute approximate surface area is 63.8 Å². The Morgan fingerprint density at radius 2 is 1.80 bits per heavy atom. The normalized spacial score (nSPS) is 16.2. The van der Waals surface area contributed by atoms with Crippen molar-refractivity contribution in [2.45, 2.75) is 27.7 Å². The SMILES string of the molecule is C=C1NCC(C)=C1C.CC. The maximum absolute atomic E-state index is 3.82. The van der Waals surface area contributed by atoms with Gasteiger partial charge in [0.15, 0.2) is 0 Å². The molecule has 1 nitrogen and oxygen atoms in total. The minimum absolute atomic E-state index is 0.991. The third-order valence-electron chi connectivity index (χ3n) is 1.66. The first-order valence-electron chi connectivity index (χ1n) is 3.81. The third kappa shape index (κ3) is 1.90. The summed E-state index contributed by atoms with van der Waals surface area (Å²) >= 11 is 0. The van der Waals surface area contributed by atoms with Gasteiger partial charge in [-0.1, -0.05) is 20.4 Å². The van der Waals surface area contributed by atoms with Gasteiger partial charge in [0.05, 0.1) is 0 Å². The minimum Gasteiger partial charge on any atom is -0.382 e. The van der Waals surface area contributed by atoms with Crippen molar-refractivity contribution in [1.82, 2.24) is 5.32 Å². The molecule has 10 heavy (non-hydrogen) atoms. The molecule has 0 saturated carbocycles. The van der Waals surface area contributed by atoms with Crippen LogP contribution < -0.4 is 5.32 Å². The van der Waals surface area contributed by atoms with Crippen LogP contribution >= 0.6 is 0 Å². The van der Waals surface area contributed by atoms with E-state index < -0.39 is 0 Å². The standard InChI is InChI=1S/C7H11N.C2H6/c1-5-4-8-7(3)6(5)2;1-2/h8H,3-4H2,1-2H3;1-2H3. The van der Waals surface area contributed by atoms with Crippen LogP contribution in [-0.4, -0.2) is 6.54 Å². The maximum atomic E-state index is 3.82. The van der Waals surface area contributed by atoms with E-state index in [4.69, 9.17) is 0 Å². The van der Waals surface area contributed by atoms with Gasteiger partial charge >= 0.3 is 0 Å². The van der Waals surface area contributed by atoms with Gasteiger partial charge in [-0.15, -0.1) is 0 Å². The third-order valence-corrected chi connectivity index (χ3v) is 1.66. The van der Waals surface area contributed by atoms with Gasteiger partial charge in [-0.3, -0.25) is 0 Å². The van der Waals surface area contributed by atoms with Gasteiger partial charge in [-0.2, -0.15) is 0 Å². The van der Waals surface area contributed by atoms with Crippen molar-refractivity contribution < 1.29 is 0 Å². The molecule has 0 atom stereocenters. The monoisotopic (exact) mass is 139 g/mol. The summed E-state index contributed by atoms with van der Waals surface area (Å²) < 4.78 is 0. The van der Waals surface area contributed by atoms with Gasteiger partial charge < -0.3 is 5.32 Å². The molecule has 0 aromatic carbocycles. The largest absolute Gasteiger partial charge is 0.382 e. The van der Waals surface area contributed by atoms with E-state index in [-0.39, 0.29) is 0 Å². The van der Waals surface area contributed by atoms with Crippen LogP contribution in [0.4, 0.5) is 0 Å². The summed E-state index contributed by atoms with van der Waals surface area (Å²) in [4.78, 5) is 0. The summed E-state index contributed by atoms with van der Waals surface area (Å²) in [5, 5.41) is 3.15.